The second kappa shape index (κ2) is 7.05. The van der Waals surface area contributed by atoms with E-state index in [-0.39, 0.29) is 5.57 Å². The number of hydrogen-bond donors (Lipinski definition) is 1. The number of carbonyl (C=O) groups is 1. The van der Waals surface area contributed by atoms with Gasteiger partial charge in [0, 0.05) is 19.2 Å². The van der Waals surface area contributed by atoms with Crippen LogP contribution in [0.1, 0.15) is 19.4 Å². The topological polar surface area (TPSA) is 107 Å². The van der Waals surface area contributed by atoms with E-state index in [1.807, 2.05) is 0 Å². The average Bonchev–Trinajstić information content (AvgIpc) is 2.47. The van der Waals surface area contributed by atoms with Crippen molar-refractivity contribution in [2.75, 3.05) is 13.1 Å². The number of carbonyl (C=O) groups excluding carboxylic acids is 1. The van der Waals surface area contributed by atoms with Gasteiger partial charge in [-0.2, -0.15) is 5.26 Å². The second-order valence-corrected chi connectivity index (χ2v) is 4.15. The number of rotatable bonds is 5. The van der Waals surface area contributed by atoms with Gasteiger partial charge in [0.2, 0.25) is 0 Å². The lowest BCUT2D eigenvalue weighted by atomic mass is 10.1. The highest BCUT2D eigenvalue weighted by Gasteiger charge is 2.17. The molecule has 0 spiro atoms. The lowest BCUT2D eigenvalue weighted by Gasteiger charge is -2.17. The molecule has 1 aromatic carbocycles. The number of nitro groups is 1. The molecule has 7 heteroatoms. The molecule has 0 saturated carbocycles. The van der Waals surface area contributed by atoms with Crippen LogP contribution in [0.2, 0.25) is 0 Å². The zero-order chi connectivity index (χ0) is 16.0. The molecule has 0 aliphatic carbocycles. The highest BCUT2D eigenvalue weighted by Crippen LogP contribution is 2.27. The molecule has 0 aliphatic heterocycles. The van der Waals surface area contributed by atoms with Crippen LogP contribution in [0.5, 0.6) is 5.75 Å². The zero-order valence-corrected chi connectivity index (χ0v) is 11.7. The van der Waals surface area contributed by atoms with Crippen molar-refractivity contribution in [1.29, 1.82) is 5.26 Å². The summed E-state index contributed by atoms with van der Waals surface area (Å²) in [6, 6.07) is 5.47. The number of phenolic OH excluding ortho intramolecular Hbond substituents is 1. The van der Waals surface area contributed by atoms with E-state index in [4.69, 9.17) is 5.26 Å². The molecule has 0 heterocycles. The Labute approximate surface area is 121 Å². The Hall–Kier alpha value is -2.88. The number of hydrogen-bond acceptors (Lipinski definition) is 5. The van der Waals surface area contributed by atoms with Crippen molar-refractivity contribution in [3.63, 3.8) is 0 Å². The largest absolute Gasteiger partial charge is 0.502 e. The first-order valence-electron chi connectivity index (χ1n) is 6.33. The maximum absolute atomic E-state index is 12.1. The fraction of sp³-hybridized carbons (Fsp3) is 0.286. The summed E-state index contributed by atoms with van der Waals surface area (Å²) in [5.41, 5.74) is -0.286. The van der Waals surface area contributed by atoms with Crippen molar-refractivity contribution in [3.8, 4) is 11.8 Å². The first-order chi connectivity index (χ1) is 9.94. The van der Waals surface area contributed by atoms with Crippen molar-refractivity contribution >= 4 is 17.7 Å². The molecule has 1 amide bonds. The molecule has 1 N–H and O–H groups in total. The number of benzene rings is 1. The molecular weight excluding hydrogens is 274 g/mol. The van der Waals surface area contributed by atoms with Crippen LogP contribution in [0.3, 0.4) is 0 Å². The van der Waals surface area contributed by atoms with Gasteiger partial charge in [-0.1, -0.05) is 6.07 Å². The molecule has 21 heavy (non-hydrogen) atoms. The normalized spacial score (nSPS) is 10.8. The van der Waals surface area contributed by atoms with E-state index in [1.165, 1.54) is 17.0 Å². The van der Waals surface area contributed by atoms with Crippen LogP contribution in [0, 0.1) is 21.4 Å². The highest BCUT2D eigenvalue weighted by atomic mass is 16.6. The third-order valence-electron chi connectivity index (χ3n) is 2.91. The molecule has 0 bridgehead atoms. The maximum atomic E-state index is 12.1. The SMILES string of the molecule is CCN(CC)C(=O)/C(C#N)=C/c1ccc(O)c([N+](=O)[O-])c1. The first-order valence-corrected chi connectivity index (χ1v) is 6.33. The summed E-state index contributed by atoms with van der Waals surface area (Å²) in [5.74, 6) is -0.899. The Kier molecular flexibility index (Phi) is 5.43. The zero-order valence-electron chi connectivity index (χ0n) is 11.7. The first kappa shape index (κ1) is 16.2. The number of nitro benzene ring substituents is 1. The van der Waals surface area contributed by atoms with Crippen LogP contribution in [0.4, 0.5) is 5.69 Å². The van der Waals surface area contributed by atoms with Crippen LogP contribution in [0.15, 0.2) is 23.8 Å². The smallest absolute Gasteiger partial charge is 0.311 e. The fourth-order valence-electron chi connectivity index (χ4n) is 1.77. The summed E-state index contributed by atoms with van der Waals surface area (Å²) in [5, 5.41) is 29.2. The summed E-state index contributed by atoms with van der Waals surface area (Å²) in [4.78, 5) is 23.6. The minimum absolute atomic E-state index is 0.112. The standard InChI is InChI=1S/C14H15N3O4/c1-3-16(4-2)14(19)11(9-15)7-10-5-6-13(18)12(8-10)17(20)21/h5-8,18H,3-4H2,1-2H3/b11-7+. The van der Waals surface area contributed by atoms with E-state index in [2.05, 4.69) is 0 Å². The van der Waals surface area contributed by atoms with Crippen LogP contribution in [-0.4, -0.2) is 33.9 Å². The lowest BCUT2D eigenvalue weighted by molar-refractivity contribution is -0.385. The molecule has 0 aliphatic rings. The lowest BCUT2D eigenvalue weighted by Crippen LogP contribution is -2.31. The summed E-state index contributed by atoms with van der Waals surface area (Å²) in [6.45, 7) is 4.51. The number of aromatic hydroxyl groups is 1. The third-order valence-corrected chi connectivity index (χ3v) is 2.91. The van der Waals surface area contributed by atoms with E-state index < -0.39 is 22.3 Å². The predicted octanol–water partition coefficient (Wildman–Crippen LogP) is 2.08. The molecule has 0 fully saturated rings. The number of nitrogens with zero attached hydrogens (tertiary/aromatic N) is 3. The molecule has 1 aromatic rings. The minimum atomic E-state index is -0.731. The van der Waals surface area contributed by atoms with Crippen molar-refractivity contribution in [2.45, 2.75) is 13.8 Å². The van der Waals surface area contributed by atoms with Gasteiger partial charge in [-0.05, 0) is 31.6 Å². The molecular formula is C14H15N3O4. The van der Waals surface area contributed by atoms with E-state index in [0.717, 1.165) is 12.1 Å². The number of nitriles is 1. The Bertz CT molecular complexity index is 628. The monoisotopic (exact) mass is 289 g/mol. The number of phenols is 1. The minimum Gasteiger partial charge on any atom is -0.502 e. The average molecular weight is 289 g/mol. The maximum Gasteiger partial charge on any atom is 0.311 e. The van der Waals surface area contributed by atoms with Crippen LogP contribution >= 0.6 is 0 Å². The molecule has 110 valence electrons. The third kappa shape index (κ3) is 3.79. The van der Waals surface area contributed by atoms with Gasteiger partial charge in [0.05, 0.1) is 4.92 Å². The van der Waals surface area contributed by atoms with Crippen molar-refractivity contribution in [3.05, 3.63) is 39.4 Å². The van der Waals surface area contributed by atoms with Gasteiger partial charge >= 0.3 is 5.69 Å². The van der Waals surface area contributed by atoms with E-state index in [1.54, 1.807) is 19.9 Å². The molecule has 0 saturated heterocycles. The molecule has 0 atom stereocenters. The van der Waals surface area contributed by atoms with Gasteiger partial charge in [0.15, 0.2) is 5.75 Å². The highest BCUT2D eigenvalue weighted by molar-refractivity contribution is 6.01. The summed E-state index contributed by atoms with van der Waals surface area (Å²) >= 11 is 0. The van der Waals surface area contributed by atoms with Crippen LogP contribution in [-0.2, 0) is 4.79 Å². The number of likely N-dealkylation sites (N-methyl/N-ethyl adjacent to an activating group) is 1. The van der Waals surface area contributed by atoms with Crippen molar-refractivity contribution in [1.82, 2.24) is 4.90 Å². The van der Waals surface area contributed by atoms with Gasteiger partial charge in [-0.3, -0.25) is 14.9 Å². The summed E-state index contributed by atoms with van der Waals surface area (Å²) in [6.07, 6.45) is 1.27. The Morgan fingerprint density at radius 1 is 1.48 bits per heavy atom. The molecule has 0 aromatic heterocycles. The predicted molar refractivity (Wildman–Crippen MR) is 76.3 cm³/mol. The van der Waals surface area contributed by atoms with Crippen LogP contribution < -0.4 is 0 Å². The van der Waals surface area contributed by atoms with Crippen molar-refractivity contribution < 1.29 is 14.8 Å². The number of amides is 1. The van der Waals surface area contributed by atoms with Gasteiger partial charge in [0.1, 0.15) is 11.6 Å². The molecule has 1 rings (SSSR count). The fourth-order valence-corrected chi connectivity index (χ4v) is 1.77. The molecule has 0 radical (unpaired) electrons. The summed E-state index contributed by atoms with van der Waals surface area (Å²) in [7, 11) is 0. The van der Waals surface area contributed by atoms with E-state index in [9.17, 15) is 20.0 Å². The second-order valence-electron chi connectivity index (χ2n) is 4.15. The Morgan fingerprint density at radius 3 is 2.57 bits per heavy atom. The van der Waals surface area contributed by atoms with Gasteiger partial charge in [-0.15, -0.1) is 0 Å². The van der Waals surface area contributed by atoms with E-state index >= 15 is 0 Å². The van der Waals surface area contributed by atoms with Gasteiger partial charge in [0.25, 0.3) is 5.91 Å². The van der Waals surface area contributed by atoms with Gasteiger partial charge in [-0.25, -0.2) is 0 Å². The Morgan fingerprint density at radius 2 is 2.10 bits per heavy atom. The van der Waals surface area contributed by atoms with Gasteiger partial charge < -0.3 is 10.0 Å². The van der Waals surface area contributed by atoms with Crippen molar-refractivity contribution in [2.24, 2.45) is 0 Å². The molecule has 7 nitrogen and oxygen atoms in total. The van der Waals surface area contributed by atoms with Crippen LogP contribution in [0.25, 0.3) is 6.08 Å². The summed E-state index contributed by atoms with van der Waals surface area (Å²) < 4.78 is 0. The quantitative estimate of drug-likeness (QED) is 0.386. The Balaban J connectivity index is 3.21. The molecule has 0 unspecified atom stereocenters. The van der Waals surface area contributed by atoms with E-state index in [0.29, 0.717) is 18.7 Å².